The van der Waals surface area contributed by atoms with Crippen LogP contribution in [0.15, 0.2) is 33.4 Å². The molecule has 0 radical (unpaired) electrons. The first kappa shape index (κ1) is 11.4. The number of carboxylic acid groups (broad SMARTS) is 1. The van der Waals surface area contributed by atoms with Crippen molar-refractivity contribution in [2.24, 2.45) is 0 Å². The average molecular weight is 237 g/mol. The summed E-state index contributed by atoms with van der Waals surface area (Å²) in [5, 5.41) is 12.4. The van der Waals surface area contributed by atoms with E-state index in [1.807, 2.05) is 0 Å². The van der Waals surface area contributed by atoms with E-state index in [0.29, 0.717) is 17.2 Å². The molecule has 0 saturated heterocycles. The normalized spacial score (nSPS) is 12.5. The van der Waals surface area contributed by atoms with Crippen molar-refractivity contribution in [3.63, 3.8) is 0 Å². The fourth-order valence-electron chi connectivity index (χ4n) is 1.20. The van der Waals surface area contributed by atoms with Gasteiger partial charge in [0.2, 0.25) is 5.76 Å². The zero-order chi connectivity index (χ0) is 12.3. The van der Waals surface area contributed by atoms with Crippen LogP contribution in [0.2, 0.25) is 0 Å². The van der Waals surface area contributed by atoms with Gasteiger partial charge >= 0.3 is 5.97 Å². The van der Waals surface area contributed by atoms with Gasteiger partial charge in [0.05, 0.1) is 12.9 Å². The molecule has 2 rings (SSSR count). The summed E-state index contributed by atoms with van der Waals surface area (Å²) in [6.07, 6.45) is 0.652. The molecule has 0 spiro atoms. The van der Waals surface area contributed by atoms with E-state index in [1.54, 1.807) is 18.2 Å². The van der Waals surface area contributed by atoms with Crippen molar-refractivity contribution in [2.75, 3.05) is 0 Å². The lowest BCUT2D eigenvalue weighted by molar-refractivity contribution is -0.149. The van der Waals surface area contributed by atoms with Crippen LogP contribution < -0.4 is 0 Å². The Balaban J connectivity index is 1.97. The summed E-state index contributed by atoms with van der Waals surface area (Å²) >= 11 is 0. The highest BCUT2D eigenvalue weighted by Gasteiger charge is 2.13. The molecular weight excluding hydrogens is 226 g/mol. The maximum Gasteiger partial charge on any atom is 0.332 e. The molecule has 1 unspecified atom stereocenters. The summed E-state index contributed by atoms with van der Waals surface area (Å²) in [7, 11) is 0. The topological polar surface area (TPSA) is 85.7 Å². The number of hydrogen-bond donors (Lipinski definition) is 1. The molecule has 2 aromatic rings. The van der Waals surface area contributed by atoms with E-state index < -0.39 is 12.1 Å². The monoisotopic (exact) mass is 237 g/mol. The minimum absolute atomic E-state index is 0.0810. The van der Waals surface area contributed by atoms with Crippen molar-refractivity contribution in [2.45, 2.75) is 19.6 Å². The number of hydrogen-bond acceptors (Lipinski definition) is 5. The summed E-state index contributed by atoms with van der Waals surface area (Å²) in [6, 6.07) is 5.12. The number of carboxylic acids is 1. The van der Waals surface area contributed by atoms with Crippen molar-refractivity contribution < 1.29 is 23.6 Å². The molecule has 0 aliphatic heterocycles. The molecule has 2 heterocycles. The fraction of sp³-hybridized carbons (Fsp3) is 0.273. The Kier molecular flexibility index (Phi) is 3.24. The first-order valence-corrected chi connectivity index (χ1v) is 5.00. The van der Waals surface area contributed by atoms with Crippen LogP contribution in [0.5, 0.6) is 0 Å². The third kappa shape index (κ3) is 2.73. The maximum absolute atomic E-state index is 10.5. The maximum atomic E-state index is 10.5. The van der Waals surface area contributed by atoms with Crippen LogP contribution >= 0.6 is 0 Å². The van der Waals surface area contributed by atoms with Crippen LogP contribution in [-0.2, 0) is 16.1 Å². The molecule has 6 nitrogen and oxygen atoms in total. The molecule has 0 aliphatic rings. The second-order valence-corrected chi connectivity index (χ2v) is 3.45. The van der Waals surface area contributed by atoms with Gasteiger partial charge < -0.3 is 18.8 Å². The predicted molar refractivity (Wildman–Crippen MR) is 56.1 cm³/mol. The molecule has 17 heavy (non-hydrogen) atoms. The number of carbonyl (C=O) groups is 1. The lowest BCUT2D eigenvalue weighted by Crippen LogP contribution is -2.19. The van der Waals surface area contributed by atoms with Gasteiger partial charge in [-0.25, -0.2) is 4.79 Å². The third-order valence-electron chi connectivity index (χ3n) is 2.15. The van der Waals surface area contributed by atoms with Crippen molar-refractivity contribution in [1.29, 1.82) is 0 Å². The number of furan rings is 1. The summed E-state index contributed by atoms with van der Waals surface area (Å²) in [6.45, 7) is 1.54. The van der Waals surface area contributed by atoms with E-state index in [4.69, 9.17) is 18.8 Å². The van der Waals surface area contributed by atoms with Gasteiger partial charge in [0.1, 0.15) is 5.69 Å². The second kappa shape index (κ2) is 4.84. The van der Waals surface area contributed by atoms with Crippen LogP contribution in [0.1, 0.15) is 12.6 Å². The Morgan fingerprint density at radius 2 is 2.41 bits per heavy atom. The van der Waals surface area contributed by atoms with Gasteiger partial charge in [0.15, 0.2) is 11.9 Å². The molecule has 90 valence electrons. The summed E-state index contributed by atoms with van der Waals surface area (Å²) in [4.78, 5) is 10.5. The first-order chi connectivity index (χ1) is 8.16. The zero-order valence-corrected chi connectivity index (χ0v) is 9.12. The van der Waals surface area contributed by atoms with Gasteiger partial charge in [-0.05, 0) is 19.1 Å². The molecular formula is C11H11NO5. The van der Waals surface area contributed by atoms with Gasteiger partial charge in [-0.15, -0.1) is 0 Å². The highest BCUT2D eigenvalue weighted by molar-refractivity contribution is 5.71. The first-order valence-electron chi connectivity index (χ1n) is 5.00. The Morgan fingerprint density at radius 3 is 3.06 bits per heavy atom. The van der Waals surface area contributed by atoms with Crippen LogP contribution in [-0.4, -0.2) is 22.3 Å². The summed E-state index contributed by atoms with van der Waals surface area (Å²) in [5.74, 6) is 0.0337. The molecule has 0 aromatic carbocycles. The van der Waals surface area contributed by atoms with Gasteiger partial charge in [-0.3, -0.25) is 0 Å². The lowest BCUT2D eigenvalue weighted by atomic mass is 10.3. The van der Waals surface area contributed by atoms with E-state index >= 15 is 0 Å². The lowest BCUT2D eigenvalue weighted by Gasteiger charge is -2.05. The highest BCUT2D eigenvalue weighted by Crippen LogP contribution is 2.20. The number of rotatable bonds is 5. The van der Waals surface area contributed by atoms with E-state index in [9.17, 15) is 4.79 Å². The van der Waals surface area contributed by atoms with Crippen molar-refractivity contribution in [3.8, 4) is 11.5 Å². The molecule has 1 N–H and O–H groups in total. The van der Waals surface area contributed by atoms with Crippen molar-refractivity contribution in [1.82, 2.24) is 5.16 Å². The van der Waals surface area contributed by atoms with E-state index in [1.165, 1.54) is 13.2 Å². The smallest absolute Gasteiger partial charge is 0.332 e. The minimum atomic E-state index is -1.01. The van der Waals surface area contributed by atoms with E-state index in [2.05, 4.69) is 5.16 Å². The molecule has 0 amide bonds. The zero-order valence-electron chi connectivity index (χ0n) is 9.12. The Morgan fingerprint density at radius 1 is 1.59 bits per heavy atom. The van der Waals surface area contributed by atoms with Gasteiger partial charge in [0, 0.05) is 6.07 Å². The minimum Gasteiger partial charge on any atom is -0.479 e. The molecule has 0 aliphatic carbocycles. The molecule has 1 atom stereocenters. The largest absolute Gasteiger partial charge is 0.479 e. The molecule has 6 heteroatoms. The third-order valence-corrected chi connectivity index (χ3v) is 2.15. The fourth-order valence-corrected chi connectivity index (χ4v) is 1.20. The van der Waals surface area contributed by atoms with Gasteiger partial charge in [-0.1, -0.05) is 5.16 Å². The quantitative estimate of drug-likeness (QED) is 0.854. The predicted octanol–water partition coefficient (Wildman–Crippen LogP) is 1.92. The van der Waals surface area contributed by atoms with E-state index in [0.717, 1.165) is 0 Å². The van der Waals surface area contributed by atoms with Crippen molar-refractivity contribution >= 4 is 5.97 Å². The Bertz CT molecular complexity index is 488. The summed E-state index contributed by atoms with van der Waals surface area (Å²) in [5.41, 5.74) is 0.518. The molecule has 2 aromatic heterocycles. The van der Waals surface area contributed by atoms with Crippen LogP contribution in [0.25, 0.3) is 11.5 Å². The highest BCUT2D eigenvalue weighted by atomic mass is 16.5. The van der Waals surface area contributed by atoms with Crippen LogP contribution in [0.4, 0.5) is 0 Å². The molecule has 0 bridgehead atoms. The average Bonchev–Trinajstić information content (AvgIpc) is 2.95. The van der Waals surface area contributed by atoms with Crippen LogP contribution in [0, 0.1) is 0 Å². The van der Waals surface area contributed by atoms with Crippen molar-refractivity contribution in [3.05, 3.63) is 30.2 Å². The van der Waals surface area contributed by atoms with E-state index in [-0.39, 0.29) is 6.61 Å². The van der Waals surface area contributed by atoms with Crippen LogP contribution in [0.3, 0.4) is 0 Å². The summed E-state index contributed by atoms with van der Waals surface area (Å²) < 4.78 is 15.2. The SMILES string of the molecule is CC(OCc1cc(-c2ccco2)on1)C(=O)O. The second-order valence-electron chi connectivity index (χ2n) is 3.45. The molecule has 0 saturated carbocycles. The van der Waals surface area contributed by atoms with Gasteiger partial charge in [0.25, 0.3) is 0 Å². The molecule has 0 fully saturated rings. The number of nitrogens with zero attached hydrogens (tertiary/aromatic N) is 1. The Labute approximate surface area is 96.8 Å². The number of aromatic nitrogens is 1. The number of ether oxygens (including phenoxy) is 1. The Hall–Kier alpha value is -2.08. The van der Waals surface area contributed by atoms with Gasteiger partial charge in [-0.2, -0.15) is 0 Å². The number of aliphatic carboxylic acids is 1. The standard InChI is InChI=1S/C11H11NO5/c1-7(11(13)14)16-6-8-5-10(17-12-8)9-3-2-4-15-9/h2-5,7H,6H2,1H3,(H,13,14).